The highest BCUT2D eigenvalue weighted by Crippen LogP contribution is 2.34. The Kier molecular flexibility index (Phi) is 3.87. The van der Waals surface area contributed by atoms with Crippen LogP contribution in [0.15, 0.2) is 18.2 Å². The maximum Gasteiger partial charge on any atom is 0.124 e. The zero-order valence-corrected chi connectivity index (χ0v) is 10.9. The third-order valence-corrected chi connectivity index (χ3v) is 2.97. The van der Waals surface area contributed by atoms with Gasteiger partial charge in [0, 0.05) is 18.0 Å². The molecular formula is C13H20ClNO. The summed E-state index contributed by atoms with van der Waals surface area (Å²) in [5.74, 6) is 0.973. The summed E-state index contributed by atoms with van der Waals surface area (Å²) in [5.41, 5.74) is 8.64. The predicted octanol–water partition coefficient (Wildman–Crippen LogP) is 3.19. The number of hydrogen-bond donors (Lipinski definition) is 1. The lowest BCUT2D eigenvalue weighted by Gasteiger charge is -2.26. The van der Waals surface area contributed by atoms with Gasteiger partial charge in [0.25, 0.3) is 0 Å². The molecule has 0 bridgehead atoms. The summed E-state index contributed by atoms with van der Waals surface area (Å²) in [6.07, 6.45) is 0.919. The van der Waals surface area contributed by atoms with E-state index < -0.39 is 0 Å². The number of fused-ring (bicyclic) bond motifs is 1. The molecule has 0 amide bonds. The van der Waals surface area contributed by atoms with Crippen molar-refractivity contribution in [2.24, 2.45) is 5.73 Å². The molecule has 0 radical (unpaired) electrons. The first kappa shape index (κ1) is 13.3. The zero-order valence-electron chi connectivity index (χ0n) is 10.1. The third-order valence-electron chi connectivity index (χ3n) is 2.97. The van der Waals surface area contributed by atoms with Gasteiger partial charge in [-0.25, -0.2) is 0 Å². The first-order chi connectivity index (χ1) is 6.98. The van der Waals surface area contributed by atoms with E-state index in [1.54, 1.807) is 0 Å². The Hall–Kier alpha value is -0.730. The van der Waals surface area contributed by atoms with E-state index in [1.165, 1.54) is 5.56 Å². The summed E-state index contributed by atoms with van der Waals surface area (Å²) in [6.45, 7) is 7.36. The van der Waals surface area contributed by atoms with Crippen LogP contribution < -0.4 is 10.5 Å². The van der Waals surface area contributed by atoms with Crippen LogP contribution in [-0.2, 0) is 5.41 Å². The lowest BCUT2D eigenvalue weighted by atomic mass is 9.85. The minimum absolute atomic E-state index is 0. The standard InChI is InChI=1S/C13H19NO.ClH/c1-13(2,3)9-4-5-10-11(14)6-7-15-12(10)8-9;/h4-5,8,11H,6-7,14H2,1-3H3;1H/t11-;/m1./s1. The Labute approximate surface area is 104 Å². The molecule has 0 fully saturated rings. The van der Waals surface area contributed by atoms with Crippen molar-refractivity contribution in [2.45, 2.75) is 38.6 Å². The van der Waals surface area contributed by atoms with Crippen molar-refractivity contribution in [2.75, 3.05) is 6.61 Å². The van der Waals surface area contributed by atoms with Crippen molar-refractivity contribution < 1.29 is 4.74 Å². The molecular weight excluding hydrogens is 222 g/mol. The fraction of sp³-hybridized carbons (Fsp3) is 0.538. The Bertz CT molecular complexity index is 371. The van der Waals surface area contributed by atoms with Crippen molar-refractivity contribution in [1.29, 1.82) is 0 Å². The minimum Gasteiger partial charge on any atom is -0.493 e. The summed E-state index contributed by atoms with van der Waals surface area (Å²) in [4.78, 5) is 0. The highest BCUT2D eigenvalue weighted by Gasteiger charge is 2.21. The van der Waals surface area contributed by atoms with Gasteiger partial charge in [0.2, 0.25) is 0 Å². The van der Waals surface area contributed by atoms with Crippen molar-refractivity contribution in [1.82, 2.24) is 0 Å². The smallest absolute Gasteiger partial charge is 0.124 e. The van der Waals surface area contributed by atoms with Gasteiger partial charge in [-0.15, -0.1) is 12.4 Å². The fourth-order valence-corrected chi connectivity index (χ4v) is 1.88. The van der Waals surface area contributed by atoms with E-state index in [0.717, 1.165) is 24.3 Å². The maximum atomic E-state index is 6.03. The quantitative estimate of drug-likeness (QED) is 0.757. The van der Waals surface area contributed by atoms with Gasteiger partial charge in [-0.2, -0.15) is 0 Å². The van der Waals surface area contributed by atoms with Crippen LogP contribution >= 0.6 is 12.4 Å². The number of benzene rings is 1. The van der Waals surface area contributed by atoms with E-state index in [2.05, 4.69) is 39.0 Å². The molecule has 1 aromatic rings. The van der Waals surface area contributed by atoms with Crippen molar-refractivity contribution >= 4 is 12.4 Å². The van der Waals surface area contributed by atoms with Gasteiger partial charge < -0.3 is 10.5 Å². The highest BCUT2D eigenvalue weighted by molar-refractivity contribution is 5.85. The second-order valence-electron chi connectivity index (χ2n) is 5.25. The van der Waals surface area contributed by atoms with Crippen LogP contribution in [0.3, 0.4) is 0 Å². The third kappa shape index (κ3) is 2.50. The van der Waals surface area contributed by atoms with Crippen molar-refractivity contribution in [3.8, 4) is 5.75 Å². The molecule has 1 aliphatic rings. The minimum atomic E-state index is 0. The molecule has 3 heteroatoms. The second kappa shape index (κ2) is 4.64. The van der Waals surface area contributed by atoms with Gasteiger partial charge in [-0.1, -0.05) is 32.9 Å². The summed E-state index contributed by atoms with van der Waals surface area (Å²) >= 11 is 0. The Morgan fingerprint density at radius 1 is 1.31 bits per heavy atom. The summed E-state index contributed by atoms with van der Waals surface area (Å²) in [7, 11) is 0. The van der Waals surface area contributed by atoms with E-state index in [1.807, 2.05) is 0 Å². The number of halogens is 1. The monoisotopic (exact) mass is 241 g/mol. The first-order valence-electron chi connectivity index (χ1n) is 5.51. The van der Waals surface area contributed by atoms with E-state index in [0.29, 0.717) is 0 Å². The number of nitrogens with two attached hydrogens (primary N) is 1. The summed E-state index contributed by atoms with van der Waals surface area (Å²) in [5, 5.41) is 0. The average molecular weight is 242 g/mol. The molecule has 1 heterocycles. The lowest BCUT2D eigenvalue weighted by molar-refractivity contribution is 0.268. The molecule has 2 rings (SSSR count). The summed E-state index contributed by atoms with van der Waals surface area (Å²) < 4.78 is 5.65. The molecule has 0 spiro atoms. The van der Waals surface area contributed by atoms with Gasteiger partial charge in [-0.05, 0) is 17.0 Å². The van der Waals surface area contributed by atoms with E-state index in [-0.39, 0.29) is 23.9 Å². The normalized spacial score (nSPS) is 19.4. The maximum absolute atomic E-state index is 6.03. The number of ether oxygens (including phenoxy) is 1. The van der Waals surface area contributed by atoms with Gasteiger partial charge in [0.15, 0.2) is 0 Å². The molecule has 2 nitrogen and oxygen atoms in total. The van der Waals surface area contributed by atoms with Crippen molar-refractivity contribution in [3.05, 3.63) is 29.3 Å². The molecule has 1 atom stereocenters. The molecule has 0 aliphatic carbocycles. The zero-order chi connectivity index (χ0) is 11.1. The SMILES string of the molecule is CC(C)(C)c1ccc2c(c1)OCC[C@H]2N.Cl. The Balaban J connectivity index is 0.00000128. The van der Waals surface area contributed by atoms with Crippen LogP contribution in [0.5, 0.6) is 5.75 Å². The first-order valence-corrected chi connectivity index (χ1v) is 5.51. The molecule has 0 aromatic heterocycles. The highest BCUT2D eigenvalue weighted by atomic mass is 35.5. The second-order valence-corrected chi connectivity index (χ2v) is 5.25. The van der Waals surface area contributed by atoms with Crippen LogP contribution in [-0.4, -0.2) is 6.61 Å². The molecule has 1 aliphatic heterocycles. The molecule has 0 saturated carbocycles. The topological polar surface area (TPSA) is 35.2 Å². The van der Waals surface area contributed by atoms with Crippen LogP contribution in [0.25, 0.3) is 0 Å². The van der Waals surface area contributed by atoms with Crippen LogP contribution in [0.2, 0.25) is 0 Å². The van der Waals surface area contributed by atoms with E-state index in [9.17, 15) is 0 Å². The molecule has 16 heavy (non-hydrogen) atoms. The molecule has 2 N–H and O–H groups in total. The van der Waals surface area contributed by atoms with Gasteiger partial charge in [0.05, 0.1) is 6.61 Å². The van der Waals surface area contributed by atoms with E-state index >= 15 is 0 Å². The summed E-state index contributed by atoms with van der Waals surface area (Å²) in [6, 6.07) is 6.55. The number of rotatable bonds is 0. The lowest BCUT2D eigenvalue weighted by Crippen LogP contribution is -2.21. The van der Waals surface area contributed by atoms with Crippen molar-refractivity contribution in [3.63, 3.8) is 0 Å². The Morgan fingerprint density at radius 3 is 2.62 bits per heavy atom. The number of hydrogen-bond acceptors (Lipinski definition) is 2. The van der Waals surface area contributed by atoms with E-state index in [4.69, 9.17) is 10.5 Å². The van der Waals surface area contributed by atoms with Crippen LogP contribution in [0.4, 0.5) is 0 Å². The molecule has 90 valence electrons. The fourth-order valence-electron chi connectivity index (χ4n) is 1.88. The predicted molar refractivity (Wildman–Crippen MR) is 69.4 cm³/mol. The van der Waals surface area contributed by atoms with Gasteiger partial charge in [-0.3, -0.25) is 0 Å². The Morgan fingerprint density at radius 2 is 2.00 bits per heavy atom. The van der Waals surface area contributed by atoms with Gasteiger partial charge in [0.1, 0.15) is 5.75 Å². The molecule has 0 unspecified atom stereocenters. The van der Waals surface area contributed by atoms with Crippen LogP contribution in [0.1, 0.15) is 44.4 Å². The molecule has 0 saturated heterocycles. The van der Waals surface area contributed by atoms with Gasteiger partial charge >= 0.3 is 0 Å². The largest absolute Gasteiger partial charge is 0.493 e. The van der Waals surface area contributed by atoms with Crippen LogP contribution in [0, 0.1) is 0 Å². The average Bonchev–Trinajstić information content (AvgIpc) is 2.16. The molecule has 1 aromatic carbocycles.